The molecule has 2 aromatic carbocycles. The van der Waals surface area contributed by atoms with Gasteiger partial charge in [0.25, 0.3) is 0 Å². The summed E-state index contributed by atoms with van der Waals surface area (Å²) in [5, 5.41) is 2.89. The van der Waals surface area contributed by atoms with Gasteiger partial charge >= 0.3 is 0 Å². The first-order valence-electron chi connectivity index (χ1n) is 7.84. The zero-order valence-corrected chi connectivity index (χ0v) is 14.0. The summed E-state index contributed by atoms with van der Waals surface area (Å²) in [5.74, 6) is 1.08. The molecule has 4 nitrogen and oxygen atoms in total. The predicted octanol–water partition coefficient (Wildman–Crippen LogP) is 3.13. The molecule has 0 bridgehead atoms. The van der Waals surface area contributed by atoms with Gasteiger partial charge in [-0.05, 0) is 48.2 Å². The minimum absolute atomic E-state index is 0.0141. The van der Waals surface area contributed by atoms with Crippen molar-refractivity contribution in [3.63, 3.8) is 0 Å². The molecule has 1 amide bonds. The Balaban J connectivity index is 1.75. The molecule has 5 heteroatoms. The molecule has 0 saturated carbocycles. The molecular formula is C19H22FNO3. The van der Waals surface area contributed by atoms with Gasteiger partial charge in [-0.25, -0.2) is 4.39 Å². The molecule has 128 valence electrons. The quantitative estimate of drug-likeness (QED) is 0.808. The van der Waals surface area contributed by atoms with E-state index >= 15 is 0 Å². The standard InChI is InChI=1S/C19H22FNO3/c1-23-17-9-5-15(13-18(17)24-2)11-12-21-19(22)10-6-14-3-7-16(20)8-4-14/h3-5,7-9,13H,6,10-12H2,1-2H3,(H,21,22). The van der Waals surface area contributed by atoms with Crippen molar-refractivity contribution in [2.45, 2.75) is 19.3 Å². The average Bonchev–Trinajstić information content (AvgIpc) is 2.61. The van der Waals surface area contributed by atoms with Crippen LogP contribution in [0.2, 0.25) is 0 Å². The number of carbonyl (C=O) groups is 1. The number of nitrogens with one attached hydrogen (secondary N) is 1. The Morgan fingerprint density at radius 1 is 0.958 bits per heavy atom. The van der Waals surface area contributed by atoms with Gasteiger partial charge in [-0.1, -0.05) is 18.2 Å². The van der Waals surface area contributed by atoms with Gasteiger partial charge < -0.3 is 14.8 Å². The third kappa shape index (κ3) is 5.26. The van der Waals surface area contributed by atoms with Crippen molar-refractivity contribution in [3.05, 3.63) is 59.4 Å². The second-order valence-corrected chi connectivity index (χ2v) is 5.42. The van der Waals surface area contributed by atoms with Crippen LogP contribution in [-0.4, -0.2) is 26.7 Å². The Kier molecular flexibility index (Phi) is 6.61. The molecule has 0 aliphatic rings. The van der Waals surface area contributed by atoms with Crippen LogP contribution in [0.15, 0.2) is 42.5 Å². The van der Waals surface area contributed by atoms with Crippen LogP contribution in [0, 0.1) is 5.82 Å². The average molecular weight is 331 g/mol. The fraction of sp³-hybridized carbons (Fsp3) is 0.316. The SMILES string of the molecule is COc1ccc(CCNC(=O)CCc2ccc(F)cc2)cc1OC. The maximum absolute atomic E-state index is 12.8. The van der Waals surface area contributed by atoms with Gasteiger partial charge in [0.2, 0.25) is 5.91 Å². The molecule has 0 saturated heterocycles. The van der Waals surface area contributed by atoms with E-state index in [1.54, 1.807) is 26.4 Å². The molecule has 1 N–H and O–H groups in total. The van der Waals surface area contributed by atoms with Gasteiger partial charge in [-0.15, -0.1) is 0 Å². The van der Waals surface area contributed by atoms with Crippen molar-refractivity contribution in [1.82, 2.24) is 5.32 Å². The van der Waals surface area contributed by atoms with Crippen molar-refractivity contribution in [1.29, 1.82) is 0 Å². The molecule has 0 unspecified atom stereocenters. The van der Waals surface area contributed by atoms with Crippen LogP contribution in [0.5, 0.6) is 11.5 Å². The van der Waals surface area contributed by atoms with Crippen molar-refractivity contribution >= 4 is 5.91 Å². The predicted molar refractivity (Wildman–Crippen MR) is 91.0 cm³/mol. The van der Waals surface area contributed by atoms with E-state index < -0.39 is 0 Å². The summed E-state index contributed by atoms with van der Waals surface area (Å²) in [6.45, 7) is 0.553. The Morgan fingerprint density at radius 2 is 1.62 bits per heavy atom. The lowest BCUT2D eigenvalue weighted by molar-refractivity contribution is -0.121. The highest BCUT2D eigenvalue weighted by atomic mass is 19.1. The number of halogens is 1. The van der Waals surface area contributed by atoms with Gasteiger partial charge in [0.15, 0.2) is 11.5 Å². The smallest absolute Gasteiger partial charge is 0.220 e. The highest BCUT2D eigenvalue weighted by molar-refractivity contribution is 5.76. The van der Waals surface area contributed by atoms with E-state index in [0.717, 1.165) is 11.1 Å². The molecule has 0 heterocycles. The van der Waals surface area contributed by atoms with Crippen LogP contribution in [0.3, 0.4) is 0 Å². The van der Waals surface area contributed by atoms with Crippen LogP contribution < -0.4 is 14.8 Å². The molecule has 2 aromatic rings. The van der Waals surface area contributed by atoms with E-state index in [-0.39, 0.29) is 11.7 Å². The van der Waals surface area contributed by atoms with E-state index in [2.05, 4.69) is 5.32 Å². The van der Waals surface area contributed by atoms with E-state index in [0.29, 0.717) is 37.3 Å². The normalized spacial score (nSPS) is 10.3. The maximum atomic E-state index is 12.8. The molecule has 2 rings (SSSR count). The Bertz CT molecular complexity index is 671. The first kappa shape index (κ1) is 17.8. The third-order valence-corrected chi connectivity index (χ3v) is 3.74. The van der Waals surface area contributed by atoms with Crippen LogP contribution in [0.25, 0.3) is 0 Å². The molecule has 0 aliphatic carbocycles. The third-order valence-electron chi connectivity index (χ3n) is 3.74. The Morgan fingerprint density at radius 3 is 2.29 bits per heavy atom. The van der Waals surface area contributed by atoms with E-state index in [1.165, 1.54) is 12.1 Å². The van der Waals surface area contributed by atoms with Crippen LogP contribution in [0.4, 0.5) is 4.39 Å². The number of ether oxygens (including phenoxy) is 2. The summed E-state index contributed by atoms with van der Waals surface area (Å²) in [6.07, 6.45) is 1.70. The van der Waals surface area contributed by atoms with Crippen LogP contribution in [-0.2, 0) is 17.6 Å². The zero-order chi connectivity index (χ0) is 17.4. The maximum Gasteiger partial charge on any atom is 0.220 e. The van der Waals surface area contributed by atoms with Gasteiger partial charge in [-0.3, -0.25) is 4.79 Å². The summed E-state index contributed by atoms with van der Waals surface area (Å²) in [7, 11) is 3.19. The zero-order valence-electron chi connectivity index (χ0n) is 14.0. The topological polar surface area (TPSA) is 47.6 Å². The van der Waals surface area contributed by atoms with Crippen molar-refractivity contribution < 1.29 is 18.7 Å². The van der Waals surface area contributed by atoms with Crippen molar-refractivity contribution in [2.24, 2.45) is 0 Å². The minimum atomic E-state index is -0.266. The van der Waals surface area contributed by atoms with Gasteiger partial charge in [0.1, 0.15) is 5.82 Å². The molecule has 0 fully saturated rings. The largest absolute Gasteiger partial charge is 0.493 e. The Labute approximate surface area is 141 Å². The molecule has 24 heavy (non-hydrogen) atoms. The van der Waals surface area contributed by atoms with Gasteiger partial charge in [-0.2, -0.15) is 0 Å². The molecule has 0 atom stereocenters. The lowest BCUT2D eigenvalue weighted by Gasteiger charge is -2.10. The summed E-state index contributed by atoms with van der Waals surface area (Å²) in [6, 6.07) is 11.9. The van der Waals surface area contributed by atoms with Crippen LogP contribution in [0.1, 0.15) is 17.5 Å². The number of hydrogen-bond acceptors (Lipinski definition) is 3. The molecule has 0 spiro atoms. The number of amides is 1. The van der Waals surface area contributed by atoms with E-state index in [9.17, 15) is 9.18 Å². The molecule has 0 radical (unpaired) electrons. The summed E-state index contributed by atoms with van der Waals surface area (Å²) < 4.78 is 23.3. The first-order valence-corrected chi connectivity index (χ1v) is 7.84. The number of aryl methyl sites for hydroxylation is 1. The number of rotatable bonds is 8. The lowest BCUT2D eigenvalue weighted by Crippen LogP contribution is -2.25. The highest BCUT2D eigenvalue weighted by Gasteiger charge is 2.06. The van der Waals surface area contributed by atoms with Gasteiger partial charge in [0, 0.05) is 13.0 Å². The van der Waals surface area contributed by atoms with E-state index in [1.807, 2.05) is 18.2 Å². The second-order valence-electron chi connectivity index (χ2n) is 5.42. The first-order chi connectivity index (χ1) is 11.6. The number of carbonyl (C=O) groups excluding carboxylic acids is 1. The van der Waals surface area contributed by atoms with E-state index in [4.69, 9.17) is 9.47 Å². The number of benzene rings is 2. The van der Waals surface area contributed by atoms with Crippen LogP contribution >= 0.6 is 0 Å². The minimum Gasteiger partial charge on any atom is -0.493 e. The summed E-state index contributed by atoms with van der Waals surface area (Å²) in [4.78, 5) is 11.9. The monoisotopic (exact) mass is 331 g/mol. The summed E-state index contributed by atoms with van der Waals surface area (Å²) >= 11 is 0. The fourth-order valence-electron chi connectivity index (χ4n) is 2.38. The Hall–Kier alpha value is -2.56. The molecule has 0 aromatic heterocycles. The fourth-order valence-corrected chi connectivity index (χ4v) is 2.38. The van der Waals surface area contributed by atoms with Crippen molar-refractivity contribution in [3.8, 4) is 11.5 Å². The summed E-state index contributed by atoms with van der Waals surface area (Å²) in [5.41, 5.74) is 2.01. The van der Waals surface area contributed by atoms with Gasteiger partial charge in [0.05, 0.1) is 14.2 Å². The molecule has 0 aliphatic heterocycles. The van der Waals surface area contributed by atoms with Crippen molar-refractivity contribution in [2.75, 3.05) is 20.8 Å². The molecular weight excluding hydrogens is 309 g/mol. The number of methoxy groups -OCH3 is 2. The number of hydrogen-bond donors (Lipinski definition) is 1. The highest BCUT2D eigenvalue weighted by Crippen LogP contribution is 2.27. The lowest BCUT2D eigenvalue weighted by atomic mass is 10.1. The second kappa shape index (κ2) is 8.91.